The van der Waals surface area contributed by atoms with Crippen LogP contribution < -0.4 is 10.4 Å². The lowest BCUT2D eigenvalue weighted by Crippen LogP contribution is -2.66. The second-order valence-electron chi connectivity index (χ2n) is 10.4. The van der Waals surface area contributed by atoms with Crippen LogP contribution >= 0.6 is 0 Å². The van der Waals surface area contributed by atoms with Crippen LogP contribution in [-0.4, -0.2) is 38.7 Å². The third-order valence-corrected chi connectivity index (χ3v) is 11.3. The normalized spacial score (nSPS) is 15.0. The van der Waals surface area contributed by atoms with E-state index in [1.54, 1.807) is 6.08 Å². The summed E-state index contributed by atoms with van der Waals surface area (Å²) in [5.74, 6) is -0.294. The molecule has 190 valence electrons. The molecule has 2 aromatic carbocycles. The van der Waals surface area contributed by atoms with Gasteiger partial charge in [-0.05, 0) is 29.3 Å². The van der Waals surface area contributed by atoms with E-state index in [2.05, 4.69) is 89.2 Å². The summed E-state index contributed by atoms with van der Waals surface area (Å²) >= 11 is 0. The van der Waals surface area contributed by atoms with Gasteiger partial charge in [-0.2, -0.15) is 0 Å². The van der Waals surface area contributed by atoms with Crippen LogP contribution in [0.3, 0.4) is 0 Å². The molecule has 1 N–H and O–H groups in total. The van der Waals surface area contributed by atoms with Gasteiger partial charge in [0.05, 0.1) is 13.2 Å². The maximum Gasteiger partial charge on any atom is 0.302 e. The Labute approximate surface area is 212 Å². The van der Waals surface area contributed by atoms with Crippen molar-refractivity contribution < 1.29 is 19.1 Å². The number of benzene rings is 2. The standard InChI is InChI=1S/C30H42O4Si/c1-23(18-19-31)21-29(34-26(4)32)25(3)20-24(2)22-33-35(30(5,6)7,27-14-10-8-11-15-27)28-16-12-9-13-17-28/h8-18,20,25,29,31H,19,21-22H2,1-7H3/b23-18+,24-20+/t25-,29-/m1/s1. The molecule has 4 nitrogen and oxygen atoms in total. The maximum atomic E-state index is 11.7. The molecule has 2 aromatic rings. The molecular weight excluding hydrogens is 452 g/mol. The first kappa shape index (κ1) is 28.8. The van der Waals surface area contributed by atoms with Crippen LogP contribution in [0.1, 0.15) is 54.9 Å². The van der Waals surface area contributed by atoms with Crippen molar-refractivity contribution in [3.63, 3.8) is 0 Å². The predicted octanol–water partition coefficient (Wildman–Crippen LogP) is 5.41. The highest BCUT2D eigenvalue weighted by Gasteiger charge is 2.50. The van der Waals surface area contributed by atoms with Crippen LogP contribution in [0.2, 0.25) is 5.04 Å². The SMILES string of the molecule is CC(=O)O[C@H](C/C(C)=C/CO)[C@H](C)/C=C(\C)CO[Si](c1ccccc1)(c1ccccc1)C(C)(C)C. The molecule has 35 heavy (non-hydrogen) atoms. The molecule has 2 atom stereocenters. The van der Waals surface area contributed by atoms with Crippen LogP contribution in [0.4, 0.5) is 0 Å². The molecule has 0 aromatic heterocycles. The molecule has 0 aliphatic carbocycles. The van der Waals surface area contributed by atoms with Crippen LogP contribution in [-0.2, 0) is 14.0 Å². The number of aliphatic hydroxyl groups excluding tert-OH is 1. The quantitative estimate of drug-likeness (QED) is 0.258. The zero-order chi connectivity index (χ0) is 26.1. The minimum absolute atomic E-state index is 0.00342. The van der Waals surface area contributed by atoms with Gasteiger partial charge in [-0.1, -0.05) is 112 Å². The summed E-state index contributed by atoms with van der Waals surface area (Å²) in [5, 5.41) is 11.6. The minimum Gasteiger partial charge on any atom is -0.462 e. The molecule has 0 aliphatic heterocycles. The van der Waals surface area contributed by atoms with Crippen molar-refractivity contribution in [3.05, 3.63) is 84.0 Å². The maximum absolute atomic E-state index is 11.7. The smallest absolute Gasteiger partial charge is 0.302 e. The van der Waals surface area contributed by atoms with Crippen molar-refractivity contribution in [3.8, 4) is 0 Å². The average Bonchev–Trinajstić information content (AvgIpc) is 2.79. The van der Waals surface area contributed by atoms with E-state index in [0.29, 0.717) is 13.0 Å². The molecule has 0 bridgehead atoms. The molecule has 0 spiro atoms. The van der Waals surface area contributed by atoms with Gasteiger partial charge in [0.25, 0.3) is 8.32 Å². The van der Waals surface area contributed by atoms with Crippen molar-refractivity contribution >= 4 is 24.7 Å². The molecule has 0 saturated carbocycles. The second-order valence-corrected chi connectivity index (χ2v) is 14.7. The first-order chi connectivity index (χ1) is 16.5. The second kappa shape index (κ2) is 13.0. The summed E-state index contributed by atoms with van der Waals surface area (Å²) in [5.41, 5.74) is 2.10. The molecule has 0 heterocycles. The molecule has 0 amide bonds. The van der Waals surface area contributed by atoms with E-state index in [4.69, 9.17) is 9.16 Å². The van der Waals surface area contributed by atoms with E-state index in [1.165, 1.54) is 17.3 Å². The molecule has 0 saturated heterocycles. The van der Waals surface area contributed by atoms with Gasteiger partial charge in [-0.3, -0.25) is 4.79 Å². The fraction of sp³-hybridized carbons (Fsp3) is 0.433. The topological polar surface area (TPSA) is 55.8 Å². The van der Waals surface area contributed by atoms with E-state index in [0.717, 1.165) is 11.1 Å². The Balaban J connectivity index is 2.38. The average molecular weight is 495 g/mol. The van der Waals surface area contributed by atoms with Crippen molar-refractivity contribution in [1.29, 1.82) is 0 Å². The van der Waals surface area contributed by atoms with E-state index in [-0.39, 0.29) is 29.6 Å². The minimum atomic E-state index is -2.62. The number of aliphatic hydroxyl groups is 1. The molecular formula is C30H42O4Si. The fourth-order valence-electron chi connectivity index (χ4n) is 4.69. The first-order valence-corrected chi connectivity index (χ1v) is 14.3. The van der Waals surface area contributed by atoms with Gasteiger partial charge in [-0.15, -0.1) is 0 Å². The van der Waals surface area contributed by atoms with Crippen LogP contribution in [0, 0.1) is 5.92 Å². The summed E-state index contributed by atoms with van der Waals surface area (Å²) in [4.78, 5) is 11.7. The van der Waals surface area contributed by atoms with E-state index in [9.17, 15) is 9.90 Å². The highest BCUT2D eigenvalue weighted by atomic mass is 28.4. The Hall–Kier alpha value is -2.47. The number of hydrogen-bond acceptors (Lipinski definition) is 4. The van der Waals surface area contributed by atoms with E-state index < -0.39 is 8.32 Å². The van der Waals surface area contributed by atoms with Crippen LogP contribution in [0.25, 0.3) is 0 Å². The molecule has 2 rings (SSSR count). The van der Waals surface area contributed by atoms with Crippen molar-refractivity contribution in [1.82, 2.24) is 0 Å². The van der Waals surface area contributed by atoms with Crippen molar-refractivity contribution in [2.75, 3.05) is 13.2 Å². The number of rotatable bonds is 11. The monoisotopic (exact) mass is 494 g/mol. The summed E-state index contributed by atoms with van der Waals surface area (Å²) in [7, 11) is -2.62. The number of ether oxygens (including phenoxy) is 1. The lowest BCUT2D eigenvalue weighted by molar-refractivity contribution is -0.147. The predicted molar refractivity (Wildman–Crippen MR) is 148 cm³/mol. The number of hydrogen-bond donors (Lipinski definition) is 1. The van der Waals surface area contributed by atoms with Crippen LogP contribution in [0.15, 0.2) is 84.0 Å². The summed E-state index contributed by atoms with van der Waals surface area (Å²) in [6, 6.07) is 21.2. The van der Waals surface area contributed by atoms with Gasteiger partial charge in [-0.25, -0.2) is 0 Å². The molecule has 0 radical (unpaired) electrons. The number of esters is 1. The first-order valence-electron chi connectivity index (χ1n) is 12.4. The van der Waals surface area contributed by atoms with Crippen LogP contribution in [0.5, 0.6) is 0 Å². The van der Waals surface area contributed by atoms with Gasteiger partial charge in [0.2, 0.25) is 0 Å². The van der Waals surface area contributed by atoms with Gasteiger partial charge in [0, 0.05) is 19.3 Å². The molecule has 5 heteroatoms. The van der Waals surface area contributed by atoms with Gasteiger partial charge in [0.15, 0.2) is 0 Å². The molecule has 0 unspecified atom stereocenters. The highest BCUT2D eigenvalue weighted by molar-refractivity contribution is 6.99. The Morgan fingerprint density at radius 3 is 1.89 bits per heavy atom. The number of carbonyl (C=O) groups is 1. The van der Waals surface area contributed by atoms with Crippen molar-refractivity contribution in [2.24, 2.45) is 5.92 Å². The van der Waals surface area contributed by atoms with E-state index >= 15 is 0 Å². The van der Waals surface area contributed by atoms with Gasteiger partial charge in [0.1, 0.15) is 6.10 Å². The Kier molecular flexibility index (Phi) is 10.7. The van der Waals surface area contributed by atoms with E-state index in [1.807, 2.05) is 19.1 Å². The third kappa shape index (κ3) is 7.76. The zero-order valence-corrected chi connectivity index (χ0v) is 23.4. The summed E-state index contributed by atoms with van der Waals surface area (Å²) < 4.78 is 12.7. The lowest BCUT2D eigenvalue weighted by Gasteiger charge is -2.43. The molecule has 0 aliphatic rings. The van der Waals surface area contributed by atoms with Gasteiger partial charge < -0.3 is 14.3 Å². The Morgan fingerprint density at radius 2 is 1.46 bits per heavy atom. The fourth-order valence-corrected chi connectivity index (χ4v) is 9.29. The highest BCUT2D eigenvalue weighted by Crippen LogP contribution is 2.37. The summed E-state index contributed by atoms with van der Waals surface area (Å²) in [6.07, 6.45) is 4.20. The number of carbonyl (C=O) groups excluding carboxylic acids is 1. The third-order valence-electron chi connectivity index (χ3n) is 6.35. The lowest BCUT2D eigenvalue weighted by atomic mass is 9.96. The van der Waals surface area contributed by atoms with Crippen molar-refractivity contribution in [2.45, 2.75) is 66.0 Å². The zero-order valence-electron chi connectivity index (χ0n) is 22.4. The Morgan fingerprint density at radius 1 is 0.943 bits per heavy atom. The Bertz CT molecular complexity index is 951. The van der Waals surface area contributed by atoms with Gasteiger partial charge >= 0.3 is 5.97 Å². The summed E-state index contributed by atoms with van der Waals surface area (Å²) in [6.45, 7) is 14.8. The molecule has 0 fully saturated rings. The largest absolute Gasteiger partial charge is 0.462 e.